The number of hydrogen-bond donors (Lipinski definition) is 1. The number of carbonyl (C=O) groups is 1. The number of rotatable bonds is 4. The molecular formula is C19H22N2O3S. The number of carbonyl (C=O) groups excluding carboxylic acids is 1. The maximum Gasteiger partial charge on any atom is 0.251 e. The van der Waals surface area contributed by atoms with Crippen LogP contribution in [0.25, 0.3) is 0 Å². The lowest BCUT2D eigenvalue weighted by Crippen LogP contribution is -2.28. The molecule has 1 heterocycles. The molecule has 0 radical (unpaired) electrons. The van der Waals surface area contributed by atoms with Gasteiger partial charge < -0.3 is 5.32 Å². The number of nitrogens with zero attached hydrogens (tertiary/aromatic N) is 1. The van der Waals surface area contributed by atoms with Gasteiger partial charge in [-0.2, -0.15) is 0 Å². The van der Waals surface area contributed by atoms with Gasteiger partial charge in [0.2, 0.25) is 10.0 Å². The van der Waals surface area contributed by atoms with Gasteiger partial charge in [0.25, 0.3) is 5.91 Å². The summed E-state index contributed by atoms with van der Waals surface area (Å²) in [6.45, 7) is 4.42. The molecule has 3 rings (SSSR count). The van der Waals surface area contributed by atoms with Crippen molar-refractivity contribution < 1.29 is 13.2 Å². The predicted molar refractivity (Wildman–Crippen MR) is 99.3 cm³/mol. The molecule has 1 aliphatic heterocycles. The summed E-state index contributed by atoms with van der Waals surface area (Å²) in [4.78, 5) is 12.6. The Morgan fingerprint density at radius 2 is 1.92 bits per heavy atom. The van der Waals surface area contributed by atoms with Crippen LogP contribution in [0.2, 0.25) is 0 Å². The molecule has 2 aromatic rings. The fourth-order valence-electron chi connectivity index (χ4n) is 3.16. The van der Waals surface area contributed by atoms with E-state index in [4.69, 9.17) is 0 Å². The molecule has 0 spiro atoms. The fourth-order valence-corrected chi connectivity index (χ4v) is 4.72. The first-order valence-corrected chi connectivity index (χ1v) is 9.96. The normalized spacial score (nSPS) is 17.3. The number of hydrogen-bond acceptors (Lipinski definition) is 3. The Balaban J connectivity index is 1.79. The first-order valence-electron chi connectivity index (χ1n) is 8.35. The highest BCUT2D eigenvalue weighted by atomic mass is 32.2. The topological polar surface area (TPSA) is 66.5 Å². The first-order chi connectivity index (χ1) is 11.9. The Kier molecular flexibility index (Phi) is 4.81. The third kappa shape index (κ3) is 3.69. The third-order valence-electron chi connectivity index (χ3n) is 4.50. The van der Waals surface area contributed by atoms with Crippen LogP contribution < -0.4 is 9.62 Å². The van der Waals surface area contributed by atoms with E-state index in [-0.39, 0.29) is 17.7 Å². The quantitative estimate of drug-likeness (QED) is 0.913. The molecule has 6 heteroatoms. The van der Waals surface area contributed by atoms with Crippen molar-refractivity contribution in [2.75, 3.05) is 16.6 Å². The summed E-state index contributed by atoms with van der Waals surface area (Å²) in [5.74, 6) is -0.0532. The zero-order chi connectivity index (χ0) is 18.0. The number of amides is 1. The van der Waals surface area contributed by atoms with Crippen LogP contribution in [0.15, 0.2) is 48.5 Å². The molecule has 1 atom stereocenters. The average molecular weight is 358 g/mol. The van der Waals surface area contributed by atoms with Crippen molar-refractivity contribution in [3.05, 3.63) is 65.2 Å². The maximum atomic E-state index is 12.6. The highest BCUT2D eigenvalue weighted by Gasteiger charge is 2.28. The number of nitrogens with one attached hydrogen (secondary N) is 1. The van der Waals surface area contributed by atoms with E-state index in [2.05, 4.69) is 5.32 Å². The summed E-state index contributed by atoms with van der Waals surface area (Å²) in [5, 5.41) is 2.98. The van der Waals surface area contributed by atoms with E-state index in [1.807, 2.05) is 38.1 Å². The maximum absolute atomic E-state index is 12.6. The SMILES string of the molecule is Cc1ccccc1C(C)NC(=O)c1cccc(N2CCCS2(=O)=O)c1. The van der Waals surface area contributed by atoms with E-state index < -0.39 is 10.0 Å². The molecule has 2 aromatic carbocycles. The molecule has 0 bridgehead atoms. The van der Waals surface area contributed by atoms with Crippen LogP contribution in [0, 0.1) is 6.92 Å². The smallest absolute Gasteiger partial charge is 0.251 e. The highest BCUT2D eigenvalue weighted by Crippen LogP contribution is 2.25. The molecule has 0 aliphatic carbocycles. The van der Waals surface area contributed by atoms with E-state index in [9.17, 15) is 13.2 Å². The summed E-state index contributed by atoms with van der Waals surface area (Å²) in [7, 11) is -3.25. The second-order valence-electron chi connectivity index (χ2n) is 6.34. The standard InChI is InChI=1S/C19H22N2O3S/c1-14-7-3-4-10-18(14)15(2)20-19(22)16-8-5-9-17(13-16)21-11-6-12-25(21,23)24/h3-5,7-10,13,15H,6,11-12H2,1-2H3,(H,20,22). The Hall–Kier alpha value is -2.34. The van der Waals surface area contributed by atoms with Gasteiger partial charge in [-0.1, -0.05) is 30.3 Å². The summed E-state index contributed by atoms with van der Waals surface area (Å²) < 4.78 is 25.5. The average Bonchev–Trinajstić information content (AvgIpc) is 2.94. The Morgan fingerprint density at radius 3 is 2.60 bits per heavy atom. The van der Waals surface area contributed by atoms with Crippen molar-refractivity contribution in [2.45, 2.75) is 26.3 Å². The molecule has 5 nitrogen and oxygen atoms in total. The number of anilines is 1. The Bertz CT molecular complexity index is 893. The highest BCUT2D eigenvalue weighted by molar-refractivity contribution is 7.93. The van der Waals surface area contributed by atoms with E-state index in [0.717, 1.165) is 11.1 Å². The molecule has 1 amide bonds. The molecule has 0 saturated carbocycles. The molecule has 1 saturated heterocycles. The summed E-state index contributed by atoms with van der Waals surface area (Å²) in [6.07, 6.45) is 0.614. The minimum atomic E-state index is -3.25. The molecule has 25 heavy (non-hydrogen) atoms. The van der Waals surface area contributed by atoms with Crippen LogP contribution in [0.1, 0.15) is 40.9 Å². The number of aryl methyl sites for hydroxylation is 1. The van der Waals surface area contributed by atoms with Crippen LogP contribution in [-0.4, -0.2) is 26.6 Å². The Morgan fingerprint density at radius 1 is 1.16 bits per heavy atom. The van der Waals surface area contributed by atoms with Crippen molar-refractivity contribution in [2.24, 2.45) is 0 Å². The van der Waals surface area contributed by atoms with Gasteiger partial charge in [-0.3, -0.25) is 9.10 Å². The molecule has 1 fully saturated rings. The van der Waals surface area contributed by atoms with Gasteiger partial charge in [0.15, 0.2) is 0 Å². The summed E-state index contributed by atoms with van der Waals surface area (Å²) in [5.41, 5.74) is 3.19. The summed E-state index contributed by atoms with van der Waals surface area (Å²) in [6, 6.07) is 14.6. The van der Waals surface area contributed by atoms with Gasteiger partial charge in [-0.25, -0.2) is 8.42 Å². The lowest BCUT2D eigenvalue weighted by Gasteiger charge is -2.19. The molecule has 1 aliphatic rings. The van der Waals surface area contributed by atoms with E-state index >= 15 is 0 Å². The van der Waals surface area contributed by atoms with Gasteiger partial charge >= 0.3 is 0 Å². The van der Waals surface area contributed by atoms with Gasteiger partial charge in [-0.05, 0) is 49.6 Å². The van der Waals surface area contributed by atoms with Gasteiger partial charge in [0.1, 0.15) is 0 Å². The van der Waals surface area contributed by atoms with Crippen LogP contribution >= 0.6 is 0 Å². The molecule has 132 valence electrons. The van der Waals surface area contributed by atoms with E-state index in [0.29, 0.717) is 24.2 Å². The molecular weight excluding hydrogens is 336 g/mol. The van der Waals surface area contributed by atoms with Crippen molar-refractivity contribution in [3.63, 3.8) is 0 Å². The van der Waals surface area contributed by atoms with E-state index in [1.165, 1.54) is 4.31 Å². The van der Waals surface area contributed by atoms with Gasteiger partial charge in [0.05, 0.1) is 17.5 Å². The van der Waals surface area contributed by atoms with Gasteiger partial charge in [0, 0.05) is 12.1 Å². The van der Waals surface area contributed by atoms with Crippen molar-refractivity contribution >= 4 is 21.6 Å². The summed E-state index contributed by atoms with van der Waals surface area (Å²) >= 11 is 0. The fraction of sp³-hybridized carbons (Fsp3) is 0.316. The number of benzene rings is 2. The van der Waals surface area contributed by atoms with Crippen molar-refractivity contribution in [1.82, 2.24) is 5.32 Å². The van der Waals surface area contributed by atoms with Gasteiger partial charge in [-0.15, -0.1) is 0 Å². The Labute approximate surface area is 148 Å². The van der Waals surface area contributed by atoms with Crippen molar-refractivity contribution in [1.29, 1.82) is 0 Å². The van der Waals surface area contributed by atoms with Crippen LogP contribution in [0.4, 0.5) is 5.69 Å². The van der Waals surface area contributed by atoms with Crippen LogP contribution in [-0.2, 0) is 10.0 Å². The third-order valence-corrected chi connectivity index (χ3v) is 6.37. The van der Waals surface area contributed by atoms with Crippen LogP contribution in [0.5, 0.6) is 0 Å². The zero-order valence-electron chi connectivity index (χ0n) is 14.4. The molecule has 1 N–H and O–H groups in total. The van der Waals surface area contributed by atoms with Crippen molar-refractivity contribution in [3.8, 4) is 0 Å². The second kappa shape index (κ2) is 6.88. The largest absolute Gasteiger partial charge is 0.346 e. The monoisotopic (exact) mass is 358 g/mol. The minimum Gasteiger partial charge on any atom is -0.346 e. The zero-order valence-corrected chi connectivity index (χ0v) is 15.2. The second-order valence-corrected chi connectivity index (χ2v) is 8.36. The van der Waals surface area contributed by atoms with E-state index in [1.54, 1.807) is 24.3 Å². The molecule has 0 aromatic heterocycles. The predicted octanol–water partition coefficient (Wildman–Crippen LogP) is 3.03. The molecule has 1 unspecified atom stereocenters. The lowest BCUT2D eigenvalue weighted by atomic mass is 10.0. The number of sulfonamides is 1. The minimum absolute atomic E-state index is 0.132. The lowest BCUT2D eigenvalue weighted by molar-refractivity contribution is 0.0940. The first kappa shape index (κ1) is 17.5. The van der Waals surface area contributed by atoms with Crippen LogP contribution in [0.3, 0.4) is 0 Å².